The molecule has 0 unspecified atom stereocenters. The second kappa shape index (κ2) is 3.06. The first kappa shape index (κ1) is 8.90. The van der Waals surface area contributed by atoms with Crippen LogP contribution in [0.25, 0.3) is 16.6 Å². The summed E-state index contributed by atoms with van der Waals surface area (Å²) in [6, 6.07) is 3.85. The second-order valence-electron chi connectivity index (χ2n) is 3.61. The van der Waals surface area contributed by atoms with E-state index in [1.807, 2.05) is 23.6 Å². The zero-order valence-corrected chi connectivity index (χ0v) is 8.68. The number of aryl methyl sites for hydroxylation is 1. The van der Waals surface area contributed by atoms with E-state index in [2.05, 4.69) is 20.4 Å². The molecule has 3 N–H and O–H groups in total. The van der Waals surface area contributed by atoms with Crippen molar-refractivity contribution < 1.29 is 0 Å². The van der Waals surface area contributed by atoms with Crippen LogP contribution in [0.15, 0.2) is 24.7 Å². The van der Waals surface area contributed by atoms with Crippen molar-refractivity contribution in [2.45, 2.75) is 6.92 Å². The predicted octanol–water partition coefficient (Wildman–Crippen LogP) is 1.03. The summed E-state index contributed by atoms with van der Waals surface area (Å²) in [7, 11) is 0. The first-order valence-electron chi connectivity index (χ1n) is 4.85. The molecule has 3 rings (SSSR count). The summed E-state index contributed by atoms with van der Waals surface area (Å²) in [4.78, 5) is 0. The van der Waals surface area contributed by atoms with Crippen molar-refractivity contribution in [3.05, 3.63) is 30.5 Å². The van der Waals surface area contributed by atoms with E-state index in [4.69, 9.17) is 5.73 Å². The van der Waals surface area contributed by atoms with E-state index in [0.29, 0.717) is 5.69 Å². The summed E-state index contributed by atoms with van der Waals surface area (Å²) >= 11 is 0. The van der Waals surface area contributed by atoms with Gasteiger partial charge in [0.2, 0.25) is 0 Å². The Balaban J connectivity index is 2.29. The van der Waals surface area contributed by atoms with E-state index in [9.17, 15) is 0 Å². The summed E-state index contributed by atoms with van der Waals surface area (Å²) in [5.74, 6) is 0.818. The number of nitrogens with zero attached hydrogens (tertiary/aromatic N) is 4. The van der Waals surface area contributed by atoms with Crippen LogP contribution in [0.5, 0.6) is 0 Å². The molecule has 0 aliphatic rings. The minimum absolute atomic E-state index is 0.689. The topological polar surface area (TPSA) is 85.4 Å². The minimum atomic E-state index is 0.689. The van der Waals surface area contributed by atoms with Crippen molar-refractivity contribution in [2.24, 2.45) is 0 Å². The van der Waals surface area contributed by atoms with Crippen LogP contribution >= 0.6 is 0 Å². The Morgan fingerprint density at radius 1 is 1.38 bits per heavy atom. The number of aromatic amines is 1. The van der Waals surface area contributed by atoms with Gasteiger partial charge in [-0.05, 0) is 19.1 Å². The summed E-state index contributed by atoms with van der Waals surface area (Å²) in [5.41, 5.74) is 8.47. The molecule has 16 heavy (non-hydrogen) atoms. The van der Waals surface area contributed by atoms with Gasteiger partial charge in [0.15, 0.2) is 0 Å². The smallest absolute Gasteiger partial charge is 0.134 e. The molecule has 0 fully saturated rings. The summed E-state index contributed by atoms with van der Waals surface area (Å²) in [5, 5.41) is 15.6. The maximum Gasteiger partial charge on any atom is 0.134 e. The number of H-pyrrole nitrogens is 1. The Labute approximate surface area is 91.1 Å². The van der Waals surface area contributed by atoms with Crippen molar-refractivity contribution in [1.82, 2.24) is 25.0 Å². The summed E-state index contributed by atoms with van der Waals surface area (Å²) in [6.07, 6.45) is 3.37. The van der Waals surface area contributed by atoms with Gasteiger partial charge in [-0.3, -0.25) is 9.67 Å². The van der Waals surface area contributed by atoms with Gasteiger partial charge in [0, 0.05) is 11.1 Å². The maximum absolute atomic E-state index is 5.94. The van der Waals surface area contributed by atoms with Crippen LogP contribution in [0, 0.1) is 6.92 Å². The van der Waals surface area contributed by atoms with Gasteiger partial charge in [-0.1, -0.05) is 0 Å². The van der Waals surface area contributed by atoms with Crippen LogP contribution in [0.4, 0.5) is 5.69 Å². The van der Waals surface area contributed by atoms with Gasteiger partial charge < -0.3 is 5.73 Å². The Hall–Kier alpha value is -2.37. The van der Waals surface area contributed by atoms with Crippen molar-refractivity contribution in [2.75, 3.05) is 5.73 Å². The molecule has 0 saturated carbocycles. The number of benzene rings is 1. The number of anilines is 1. The van der Waals surface area contributed by atoms with Crippen molar-refractivity contribution in [3.63, 3.8) is 0 Å². The third kappa shape index (κ3) is 1.16. The molecule has 6 nitrogen and oxygen atoms in total. The molecule has 0 saturated heterocycles. The third-order valence-electron chi connectivity index (χ3n) is 2.57. The number of fused-ring (bicyclic) bond motifs is 1. The molecule has 2 aromatic heterocycles. The molecule has 80 valence electrons. The van der Waals surface area contributed by atoms with Gasteiger partial charge in [0.1, 0.15) is 12.2 Å². The van der Waals surface area contributed by atoms with Crippen LogP contribution in [0.1, 0.15) is 5.82 Å². The molecule has 0 aliphatic carbocycles. The lowest BCUT2D eigenvalue weighted by Gasteiger charge is -2.05. The summed E-state index contributed by atoms with van der Waals surface area (Å²) < 4.78 is 1.87. The number of hydrogen-bond acceptors (Lipinski definition) is 4. The SMILES string of the molecule is Cc1nncn1-c1cc(N)c2cn[nH]c2c1. The highest BCUT2D eigenvalue weighted by molar-refractivity contribution is 5.91. The molecular weight excluding hydrogens is 204 g/mol. The van der Waals surface area contributed by atoms with Gasteiger partial charge in [-0.15, -0.1) is 10.2 Å². The lowest BCUT2D eigenvalue weighted by molar-refractivity contribution is 0.970. The largest absolute Gasteiger partial charge is 0.398 e. The van der Waals surface area contributed by atoms with Crippen LogP contribution in [0.2, 0.25) is 0 Å². The van der Waals surface area contributed by atoms with E-state index >= 15 is 0 Å². The molecule has 0 amide bonds. The Kier molecular flexibility index (Phi) is 1.70. The first-order chi connectivity index (χ1) is 7.75. The highest BCUT2D eigenvalue weighted by Crippen LogP contribution is 2.23. The molecule has 0 aliphatic heterocycles. The van der Waals surface area contributed by atoms with Crippen LogP contribution < -0.4 is 5.73 Å². The van der Waals surface area contributed by atoms with Gasteiger partial charge in [0.25, 0.3) is 0 Å². The number of hydrogen-bond donors (Lipinski definition) is 2. The van der Waals surface area contributed by atoms with Crippen molar-refractivity contribution >= 4 is 16.6 Å². The fraction of sp³-hybridized carbons (Fsp3) is 0.100. The molecule has 1 aromatic carbocycles. The monoisotopic (exact) mass is 214 g/mol. The lowest BCUT2D eigenvalue weighted by Crippen LogP contribution is -1.97. The highest BCUT2D eigenvalue weighted by atomic mass is 15.3. The van der Waals surface area contributed by atoms with E-state index < -0.39 is 0 Å². The van der Waals surface area contributed by atoms with E-state index in [0.717, 1.165) is 22.4 Å². The Morgan fingerprint density at radius 3 is 3.00 bits per heavy atom. The predicted molar refractivity (Wildman–Crippen MR) is 60.2 cm³/mol. The minimum Gasteiger partial charge on any atom is -0.398 e. The number of nitrogens with two attached hydrogens (primary N) is 1. The molecule has 3 aromatic rings. The zero-order valence-electron chi connectivity index (χ0n) is 8.68. The normalized spacial score (nSPS) is 11.1. The van der Waals surface area contributed by atoms with E-state index in [1.165, 1.54) is 0 Å². The molecule has 0 spiro atoms. The van der Waals surface area contributed by atoms with Crippen LogP contribution in [0.3, 0.4) is 0 Å². The Morgan fingerprint density at radius 2 is 2.25 bits per heavy atom. The number of nitrogen functional groups attached to an aromatic ring is 1. The molecule has 6 heteroatoms. The number of nitrogens with one attached hydrogen (secondary N) is 1. The van der Waals surface area contributed by atoms with E-state index in [-0.39, 0.29) is 0 Å². The van der Waals surface area contributed by atoms with Crippen LogP contribution in [-0.2, 0) is 0 Å². The van der Waals surface area contributed by atoms with Gasteiger partial charge in [0.05, 0.1) is 17.4 Å². The average Bonchev–Trinajstić information content (AvgIpc) is 2.85. The standard InChI is InChI=1S/C10H10N6/c1-6-14-13-5-16(6)7-2-9(11)8-4-12-15-10(8)3-7/h2-5H,11H2,1H3,(H,12,15). The lowest BCUT2D eigenvalue weighted by atomic mass is 10.2. The second-order valence-corrected chi connectivity index (χ2v) is 3.61. The van der Waals surface area contributed by atoms with E-state index in [1.54, 1.807) is 12.5 Å². The molecule has 0 atom stereocenters. The van der Waals surface area contributed by atoms with Crippen LogP contribution in [-0.4, -0.2) is 25.0 Å². The number of rotatable bonds is 1. The molecule has 2 heterocycles. The quantitative estimate of drug-likeness (QED) is 0.592. The van der Waals surface area contributed by atoms with Crippen molar-refractivity contribution in [3.8, 4) is 5.69 Å². The fourth-order valence-electron chi connectivity index (χ4n) is 1.75. The van der Waals surface area contributed by atoms with Gasteiger partial charge in [-0.25, -0.2) is 0 Å². The van der Waals surface area contributed by atoms with Crippen molar-refractivity contribution in [1.29, 1.82) is 0 Å². The third-order valence-corrected chi connectivity index (χ3v) is 2.57. The van der Waals surface area contributed by atoms with Gasteiger partial charge in [-0.2, -0.15) is 5.10 Å². The Bertz CT molecular complexity index is 650. The molecular formula is C10H10N6. The highest BCUT2D eigenvalue weighted by Gasteiger charge is 2.06. The first-order valence-corrected chi connectivity index (χ1v) is 4.85. The summed E-state index contributed by atoms with van der Waals surface area (Å²) in [6.45, 7) is 1.89. The number of aromatic nitrogens is 5. The van der Waals surface area contributed by atoms with Gasteiger partial charge >= 0.3 is 0 Å². The molecule has 0 radical (unpaired) electrons. The maximum atomic E-state index is 5.94. The average molecular weight is 214 g/mol. The fourth-order valence-corrected chi connectivity index (χ4v) is 1.75. The zero-order chi connectivity index (χ0) is 11.1. The molecule has 0 bridgehead atoms.